The molecule has 0 atom stereocenters. The summed E-state index contributed by atoms with van der Waals surface area (Å²) in [7, 11) is 0. The first-order valence-corrected chi connectivity index (χ1v) is 12.6. The van der Waals surface area contributed by atoms with Gasteiger partial charge in [0.15, 0.2) is 5.82 Å². The van der Waals surface area contributed by atoms with Crippen molar-refractivity contribution in [3.63, 3.8) is 0 Å². The monoisotopic (exact) mass is 468 g/mol. The molecule has 5 rings (SSSR count). The summed E-state index contributed by atoms with van der Waals surface area (Å²) < 4.78 is 0. The van der Waals surface area contributed by atoms with E-state index in [9.17, 15) is 4.79 Å². The molecule has 3 heterocycles. The van der Waals surface area contributed by atoms with Gasteiger partial charge in [-0.1, -0.05) is 43.3 Å². The molecule has 1 N–H and O–H groups in total. The Balaban J connectivity index is 1.51. The first kappa shape index (κ1) is 22.3. The number of hydrogen-bond donors (Lipinski definition) is 1. The quantitative estimate of drug-likeness (QED) is 0.365. The highest BCUT2D eigenvalue weighted by Crippen LogP contribution is 2.34. The van der Waals surface area contributed by atoms with Crippen molar-refractivity contribution in [1.82, 2.24) is 14.9 Å². The third-order valence-electron chi connectivity index (χ3n) is 6.43. The molecule has 0 unspecified atom stereocenters. The minimum Gasteiger partial charge on any atom is -0.320 e. The number of rotatable bonds is 4. The van der Waals surface area contributed by atoms with E-state index in [2.05, 4.69) is 55.0 Å². The lowest BCUT2D eigenvalue weighted by Crippen LogP contribution is -2.39. The Morgan fingerprint density at radius 1 is 1.03 bits per heavy atom. The minimum atomic E-state index is -0.0904. The van der Waals surface area contributed by atoms with Crippen molar-refractivity contribution in [2.75, 3.05) is 11.9 Å². The second kappa shape index (κ2) is 9.39. The van der Waals surface area contributed by atoms with Crippen LogP contribution in [0.2, 0.25) is 0 Å². The Morgan fingerprint density at radius 2 is 1.88 bits per heavy atom. The van der Waals surface area contributed by atoms with E-state index in [1.54, 1.807) is 11.3 Å². The van der Waals surface area contributed by atoms with Crippen LogP contribution >= 0.6 is 11.3 Å². The van der Waals surface area contributed by atoms with Crippen molar-refractivity contribution in [2.24, 2.45) is 0 Å². The molecule has 34 heavy (non-hydrogen) atoms. The Morgan fingerprint density at radius 3 is 2.65 bits per heavy atom. The van der Waals surface area contributed by atoms with Gasteiger partial charge in [-0.25, -0.2) is 14.8 Å². The number of urea groups is 1. The van der Waals surface area contributed by atoms with Crippen LogP contribution in [-0.4, -0.2) is 27.4 Å². The van der Waals surface area contributed by atoms with Gasteiger partial charge in [0, 0.05) is 40.7 Å². The van der Waals surface area contributed by atoms with Gasteiger partial charge < -0.3 is 10.2 Å². The predicted molar refractivity (Wildman–Crippen MR) is 139 cm³/mol. The first-order valence-electron chi connectivity index (χ1n) is 11.7. The summed E-state index contributed by atoms with van der Waals surface area (Å²) in [6.07, 6.45) is 1.64. The summed E-state index contributed by atoms with van der Waals surface area (Å²) in [6, 6.07) is 16.2. The van der Waals surface area contributed by atoms with Crippen molar-refractivity contribution in [3.05, 3.63) is 87.2 Å². The van der Waals surface area contributed by atoms with Crippen LogP contribution in [0.1, 0.15) is 34.9 Å². The lowest BCUT2D eigenvalue weighted by atomic mass is 9.96. The van der Waals surface area contributed by atoms with Gasteiger partial charge in [0.1, 0.15) is 0 Å². The maximum Gasteiger partial charge on any atom is 0.322 e. The molecule has 4 aromatic rings. The molecule has 0 radical (unpaired) electrons. The zero-order chi connectivity index (χ0) is 23.7. The summed E-state index contributed by atoms with van der Waals surface area (Å²) in [5.41, 5.74) is 9.55. The van der Waals surface area contributed by atoms with E-state index in [0.717, 1.165) is 51.6 Å². The van der Waals surface area contributed by atoms with Gasteiger partial charge in [0.25, 0.3) is 0 Å². The van der Waals surface area contributed by atoms with Crippen LogP contribution in [0.3, 0.4) is 0 Å². The molecular formula is C28H28N4OS. The number of nitrogens with one attached hydrogen (secondary N) is 1. The van der Waals surface area contributed by atoms with E-state index >= 15 is 0 Å². The molecule has 172 valence electrons. The predicted octanol–water partition coefficient (Wildman–Crippen LogP) is 6.64. The number of nitrogens with zero attached hydrogens (tertiary/aromatic N) is 3. The average molecular weight is 469 g/mol. The van der Waals surface area contributed by atoms with E-state index in [-0.39, 0.29) is 6.03 Å². The van der Waals surface area contributed by atoms with Crippen molar-refractivity contribution >= 4 is 23.1 Å². The molecule has 0 saturated heterocycles. The van der Waals surface area contributed by atoms with Crippen LogP contribution in [0.15, 0.2) is 59.3 Å². The lowest BCUT2D eigenvalue weighted by molar-refractivity contribution is 0.206. The first-order chi connectivity index (χ1) is 16.5. The number of anilines is 1. The molecule has 0 fully saturated rings. The van der Waals surface area contributed by atoms with Crippen molar-refractivity contribution in [2.45, 2.75) is 40.2 Å². The number of hydrogen-bond acceptors (Lipinski definition) is 4. The molecule has 0 spiro atoms. The SMILES string of the molecule is CCc1cccc(NC(=O)N2CCc3nc(-c4cscc4C)nc(-c4ccccc4C)c3C2)c1. The zero-order valence-corrected chi connectivity index (χ0v) is 20.6. The van der Waals surface area contributed by atoms with Crippen LogP contribution in [-0.2, 0) is 19.4 Å². The second-order valence-electron chi connectivity index (χ2n) is 8.76. The number of aromatic nitrogens is 2. The fraction of sp³-hybridized carbons (Fsp3) is 0.250. The van der Waals surface area contributed by atoms with Gasteiger partial charge in [-0.3, -0.25) is 0 Å². The zero-order valence-electron chi connectivity index (χ0n) is 19.8. The molecule has 2 aromatic heterocycles. The highest BCUT2D eigenvalue weighted by atomic mass is 32.1. The normalized spacial score (nSPS) is 13.0. The Bertz CT molecular complexity index is 1360. The standard InChI is InChI=1S/C28H28N4OS/c1-4-20-9-7-10-21(14-20)29-28(33)32-13-12-25-23(15-32)26(22-11-6-5-8-18(22)2)31-27(30-25)24-17-34-16-19(24)3/h5-11,14,16-17H,4,12-13,15H2,1-3H3,(H,29,33). The van der Waals surface area contributed by atoms with Crippen LogP contribution in [0.4, 0.5) is 10.5 Å². The molecular weight excluding hydrogens is 440 g/mol. The fourth-order valence-corrected chi connectivity index (χ4v) is 5.26. The smallest absolute Gasteiger partial charge is 0.320 e. The summed E-state index contributed by atoms with van der Waals surface area (Å²) in [5.74, 6) is 0.769. The number of thiophene rings is 1. The van der Waals surface area contributed by atoms with Gasteiger partial charge in [0.2, 0.25) is 0 Å². The minimum absolute atomic E-state index is 0.0904. The van der Waals surface area contributed by atoms with Gasteiger partial charge >= 0.3 is 6.03 Å². The van der Waals surface area contributed by atoms with Crippen molar-refractivity contribution < 1.29 is 4.79 Å². The van der Waals surface area contributed by atoms with E-state index in [1.165, 1.54) is 11.1 Å². The van der Waals surface area contributed by atoms with Crippen LogP contribution in [0.25, 0.3) is 22.6 Å². The number of carbonyl (C=O) groups excluding carboxylic acids is 1. The topological polar surface area (TPSA) is 58.1 Å². The number of fused-ring (bicyclic) bond motifs is 1. The summed E-state index contributed by atoms with van der Waals surface area (Å²) >= 11 is 1.67. The Hall–Kier alpha value is -3.51. The number of aryl methyl sites for hydroxylation is 3. The van der Waals surface area contributed by atoms with Crippen LogP contribution in [0.5, 0.6) is 0 Å². The molecule has 6 heteroatoms. The number of carbonyl (C=O) groups is 1. The summed E-state index contributed by atoms with van der Waals surface area (Å²) in [5, 5.41) is 7.32. The number of benzene rings is 2. The third-order valence-corrected chi connectivity index (χ3v) is 7.29. The van der Waals surface area contributed by atoms with Crippen molar-refractivity contribution in [3.8, 4) is 22.6 Å². The van der Waals surface area contributed by atoms with E-state index < -0.39 is 0 Å². The average Bonchev–Trinajstić information content (AvgIpc) is 3.29. The molecule has 0 bridgehead atoms. The summed E-state index contributed by atoms with van der Waals surface area (Å²) in [6.45, 7) is 7.43. The Kier molecular flexibility index (Phi) is 6.16. The fourth-order valence-electron chi connectivity index (χ4n) is 4.43. The highest BCUT2D eigenvalue weighted by molar-refractivity contribution is 7.08. The molecule has 2 amide bonds. The Labute approximate surface area is 204 Å². The maximum absolute atomic E-state index is 13.2. The molecule has 1 aliphatic heterocycles. The van der Waals surface area contributed by atoms with Gasteiger partial charge in [-0.2, -0.15) is 11.3 Å². The second-order valence-corrected chi connectivity index (χ2v) is 9.50. The maximum atomic E-state index is 13.2. The van der Waals surface area contributed by atoms with Crippen molar-refractivity contribution in [1.29, 1.82) is 0 Å². The summed E-state index contributed by atoms with van der Waals surface area (Å²) in [4.78, 5) is 25.1. The van der Waals surface area contributed by atoms with Gasteiger partial charge in [-0.05, 0) is 54.5 Å². The lowest BCUT2D eigenvalue weighted by Gasteiger charge is -2.30. The largest absolute Gasteiger partial charge is 0.322 e. The molecule has 5 nitrogen and oxygen atoms in total. The third kappa shape index (κ3) is 4.33. The van der Waals surface area contributed by atoms with E-state index in [0.29, 0.717) is 19.5 Å². The van der Waals surface area contributed by atoms with Crippen LogP contribution in [0, 0.1) is 13.8 Å². The van der Waals surface area contributed by atoms with E-state index in [4.69, 9.17) is 9.97 Å². The molecule has 2 aromatic carbocycles. The highest BCUT2D eigenvalue weighted by Gasteiger charge is 2.27. The van der Waals surface area contributed by atoms with Crippen LogP contribution < -0.4 is 5.32 Å². The molecule has 1 aliphatic rings. The molecule has 0 saturated carbocycles. The number of amides is 2. The molecule has 0 aliphatic carbocycles. The van der Waals surface area contributed by atoms with E-state index in [1.807, 2.05) is 35.2 Å². The van der Waals surface area contributed by atoms with Gasteiger partial charge in [-0.15, -0.1) is 0 Å². The van der Waals surface area contributed by atoms with Gasteiger partial charge in [0.05, 0.1) is 17.9 Å².